The molecule has 0 spiro atoms. The van der Waals surface area contributed by atoms with Crippen molar-refractivity contribution in [1.29, 1.82) is 0 Å². The van der Waals surface area contributed by atoms with Crippen LogP contribution < -0.4 is 5.32 Å². The van der Waals surface area contributed by atoms with Crippen LogP contribution in [0, 0.1) is 5.92 Å². The summed E-state index contributed by atoms with van der Waals surface area (Å²) in [5.74, 6) is 1.86. The normalized spacial score (nSPS) is 29.7. The van der Waals surface area contributed by atoms with Gasteiger partial charge in [-0.05, 0) is 74.7 Å². The zero-order valence-electron chi connectivity index (χ0n) is 12.4. The van der Waals surface area contributed by atoms with E-state index in [0.717, 1.165) is 16.2 Å². The van der Waals surface area contributed by atoms with E-state index in [9.17, 15) is 0 Å². The van der Waals surface area contributed by atoms with Crippen LogP contribution in [-0.4, -0.2) is 31.6 Å². The van der Waals surface area contributed by atoms with Crippen LogP contribution in [0.4, 0.5) is 0 Å². The Kier molecular flexibility index (Phi) is 4.75. The Labute approximate surface area is 124 Å². The van der Waals surface area contributed by atoms with Crippen LogP contribution >= 0.6 is 15.9 Å². The van der Waals surface area contributed by atoms with Gasteiger partial charge in [0.1, 0.15) is 5.76 Å². The third-order valence-corrected chi connectivity index (χ3v) is 5.42. The average molecular weight is 329 g/mol. The van der Waals surface area contributed by atoms with Gasteiger partial charge >= 0.3 is 0 Å². The van der Waals surface area contributed by atoms with Gasteiger partial charge in [0, 0.05) is 5.54 Å². The average Bonchev–Trinajstić information content (AvgIpc) is 2.79. The molecule has 1 fully saturated rings. The van der Waals surface area contributed by atoms with Crippen molar-refractivity contribution < 1.29 is 4.42 Å². The van der Waals surface area contributed by atoms with Gasteiger partial charge < -0.3 is 14.6 Å². The number of hydrogen-bond acceptors (Lipinski definition) is 3. The Morgan fingerprint density at radius 2 is 2.05 bits per heavy atom. The second kappa shape index (κ2) is 5.98. The highest BCUT2D eigenvalue weighted by Crippen LogP contribution is 2.45. The third-order valence-electron chi connectivity index (χ3n) is 4.76. The van der Waals surface area contributed by atoms with Crippen molar-refractivity contribution in [2.75, 3.05) is 21.1 Å². The van der Waals surface area contributed by atoms with E-state index in [2.05, 4.69) is 47.2 Å². The first-order chi connectivity index (χ1) is 9.01. The molecule has 1 saturated carbocycles. The molecule has 1 aromatic rings. The maximum absolute atomic E-state index is 5.74. The molecule has 0 aliphatic heterocycles. The fraction of sp³-hybridized carbons (Fsp3) is 0.733. The summed E-state index contributed by atoms with van der Waals surface area (Å²) in [5, 5.41) is 3.49. The lowest BCUT2D eigenvalue weighted by Crippen LogP contribution is -2.55. The van der Waals surface area contributed by atoms with E-state index >= 15 is 0 Å². The summed E-state index contributed by atoms with van der Waals surface area (Å²) in [6.07, 6.45) is 6.75. The fourth-order valence-electron chi connectivity index (χ4n) is 3.41. The summed E-state index contributed by atoms with van der Waals surface area (Å²) < 4.78 is 6.80. The number of nitrogens with zero attached hydrogens (tertiary/aromatic N) is 1. The summed E-state index contributed by atoms with van der Waals surface area (Å²) in [6.45, 7) is 2.36. The van der Waals surface area contributed by atoms with Crippen LogP contribution in [0.3, 0.4) is 0 Å². The fourth-order valence-corrected chi connectivity index (χ4v) is 3.84. The third kappa shape index (κ3) is 2.76. The van der Waals surface area contributed by atoms with E-state index < -0.39 is 0 Å². The molecule has 1 aliphatic rings. The molecule has 0 bridgehead atoms. The zero-order chi connectivity index (χ0) is 14.0. The van der Waals surface area contributed by atoms with Crippen molar-refractivity contribution in [3.05, 3.63) is 22.6 Å². The van der Waals surface area contributed by atoms with Gasteiger partial charge in [-0.25, -0.2) is 0 Å². The predicted octanol–water partition coefficient (Wildman–Crippen LogP) is 3.81. The van der Waals surface area contributed by atoms with E-state index in [-0.39, 0.29) is 11.6 Å². The molecule has 0 aromatic carbocycles. The minimum atomic E-state index is 0.141. The van der Waals surface area contributed by atoms with Crippen LogP contribution in [0.1, 0.15) is 44.4 Å². The molecule has 1 unspecified atom stereocenters. The maximum atomic E-state index is 5.74. The van der Waals surface area contributed by atoms with Crippen LogP contribution in [0.15, 0.2) is 21.2 Å². The lowest BCUT2D eigenvalue weighted by Gasteiger charge is -2.49. The van der Waals surface area contributed by atoms with E-state index in [0.29, 0.717) is 0 Å². The molecule has 0 saturated heterocycles. The van der Waals surface area contributed by atoms with E-state index in [1.165, 1.54) is 25.7 Å². The minimum Gasteiger partial charge on any atom is -0.466 e. The Bertz CT molecular complexity index is 408. The number of furan rings is 1. The highest BCUT2D eigenvalue weighted by Gasteiger charge is 2.45. The molecule has 3 nitrogen and oxygen atoms in total. The zero-order valence-corrected chi connectivity index (χ0v) is 14.0. The second-order valence-corrected chi connectivity index (χ2v) is 6.89. The van der Waals surface area contributed by atoms with Gasteiger partial charge in [0.15, 0.2) is 0 Å². The van der Waals surface area contributed by atoms with Crippen molar-refractivity contribution in [2.45, 2.75) is 44.2 Å². The molecule has 1 aliphatic carbocycles. The van der Waals surface area contributed by atoms with Gasteiger partial charge in [-0.2, -0.15) is 0 Å². The summed E-state index contributed by atoms with van der Waals surface area (Å²) in [7, 11) is 6.41. The molecule has 0 amide bonds. The molecular formula is C15H25BrN2O. The highest BCUT2D eigenvalue weighted by atomic mass is 79.9. The van der Waals surface area contributed by atoms with Gasteiger partial charge in [-0.3, -0.25) is 0 Å². The predicted molar refractivity (Wildman–Crippen MR) is 82.3 cm³/mol. The Balaban J connectivity index is 2.34. The summed E-state index contributed by atoms with van der Waals surface area (Å²) >= 11 is 3.61. The van der Waals surface area contributed by atoms with E-state index in [1.54, 1.807) is 6.26 Å². The maximum Gasteiger partial charge on any atom is 0.136 e. The Hall–Kier alpha value is -0.320. The number of nitrogens with one attached hydrogen (secondary N) is 1. The van der Waals surface area contributed by atoms with Gasteiger partial charge in [0.05, 0.1) is 16.8 Å². The van der Waals surface area contributed by atoms with Crippen molar-refractivity contribution in [2.24, 2.45) is 5.92 Å². The van der Waals surface area contributed by atoms with Crippen LogP contribution in [0.25, 0.3) is 0 Å². The molecule has 1 atom stereocenters. The first-order valence-corrected chi connectivity index (χ1v) is 7.88. The van der Waals surface area contributed by atoms with E-state index in [4.69, 9.17) is 4.42 Å². The van der Waals surface area contributed by atoms with Crippen LogP contribution in [-0.2, 0) is 0 Å². The second-order valence-electron chi connectivity index (χ2n) is 6.04. The highest BCUT2D eigenvalue weighted by molar-refractivity contribution is 9.10. The molecule has 0 radical (unpaired) electrons. The molecule has 1 aromatic heterocycles. The quantitative estimate of drug-likeness (QED) is 0.910. The van der Waals surface area contributed by atoms with Gasteiger partial charge in [-0.1, -0.05) is 6.92 Å². The summed E-state index contributed by atoms with van der Waals surface area (Å²) in [5.41, 5.74) is 0.141. The largest absolute Gasteiger partial charge is 0.466 e. The molecule has 1 N–H and O–H groups in total. The van der Waals surface area contributed by atoms with Crippen molar-refractivity contribution in [3.8, 4) is 0 Å². The molecular weight excluding hydrogens is 304 g/mol. The lowest BCUT2D eigenvalue weighted by atomic mass is 9.71. The molecule has 19 heavy (non-hydrogen) atoms. The topological polar surface area (TPSA) is 28.4 Å². The summed E-state index contributed by atoms with van der Waals surface area (Å²) in [6, 6.07) is 2.20. The standard InChI is InChI=1S/C15H25BrN2O/c1-11-5-8-15(9-6-11,18(3)4)14(17-2)13-12(16)7-10-19-13/h7,10-11,14,17H,5-6,8-9H2,1-4H3. The Morgan fingerprint density at radius 3 is 2.47 bits per heavy atom. The van der Waals surface area contributed by atoms with E-state index in [1.807, 2.05) is 13.1 Å². The first-order valence-electron chi connectivity index (χ1n) is 7.09. The molecule has 2 rings (SSSR count). The minimum absolute atomic E-state index is 0.141. The number of hydrogen-bond donors (Lipinski definition) is 1. The molecule has 4 heteroatoms. The monoisotopic (exact) mass is 328 g/mol. The van der Waals surface area contributed by atoms with Gasteiger partial charge in [-0.15, -0.1) is 0 Å². The smallest absolute Gasteiger partial charge is 0.136 e. The lowest BCUT2D eigenvalue weighted by molar-refractivity contribution is 0.0377. The van der Waals surface area contributed by atoms with Gasteiger partial charge in [0.2, 0.25) is 0 Å². The SMILES string of the molecule is CNC(c1occc1Br)C1(N(C)C)CCC(C)CC1. The van der Waals surface area contributed by atoms with Crippen molar-refractivity contribution in [3.63, 3.8) is 0 Å². The van der Waals surface area contributed by atoms with Crippen LogP contribution in [0.2, 0.25) is 0 Å². The van der Waals surface area contributed by atoms with Crippen molar-refractivity contribution >= 4 is 15.9 Å². The van der Waals surface area contributed by atoms with Crippen LogP contribution in [0.5, 0.6) is 0 Å². The van der Waals surface area contributed by atoms with Crippen molar-refractivity contribution in [1.82, 2.24) is 10.2 Å². The Morgan fingerprint density at radius 1 is 1.42 bits per heavy atom. The first kappa shape index (κ1) is 15.1. The van der Waals surface area contributed by atoms with Gasteiger partial charge in [0.25, 0.3) is 0 Å². The number of halogens is 1. The number of rotatable bonds is 4. The molecule has 108 valence electrons. The number of likely N-dealkylation sites (N-methyl/N-ethyl adjacent to an activating group) is 2. The summed E-state index contributed by atoms with van der Waals surface area (Å²) in [4.78, 5) is 2.38. The molecule has 1 heterocycles.